The SMILES string of the molecule is O=c1ccn([C@]2(C(F)(F)F)O[C@H](CO)C[C@H]2O)c(=O)[nH]1. The third-order valence-electron chi connectivity index (χ3n) is 3.08. The van der Waals surface area contributed by atoms with Crippen LogP contribution in [-0.2, 0) is 10.5 Å². The molecule has 0 radical (unpaired) electrons. The number of nitrogens with zero attached hydrogens (tertiary/aromatic N) is 1. The molecule has 7 nitrogen and oxygen atoms in total. The zero-order valence-electron chi connectivity index (χ0n) is 9.92. The van der Waals surface area contributed by atoms with Gasteiger partial charge in [-0.25, -0.2) is 4.79 Å². The molecule has 0 aromatic carbocycles. The first-order valence-electron chi connectivity index (χ1n) is 5.58. The molecule has 20 heavy (non-hydrogen) atoms. The maximum absolute atomic E-state index is 13.3. The first kappa shape index (κ1) is 14.8. The van der Waals surface area contributed by atoms with Crippen LogP contribution in [0.4, 0.5) is 13.2 Å². The van der Waals surface area contributed by atoms with Crippen molar-refractivity contribution < 1.29 is 28.1 Å². The first-order chi connectivity index (χ1) is 9.22. The minimum Gasteiger partial charge on any atom is -0.394 e. The van der Waals surface area contributed by atoms with Crippen molar-refractivity contribution in [3.8, 4) is 0 Å². The highest BCUT2D eigenvalue weighted by Gasteiger charge is 2.67. The summed E-state index contributed by atoms with van der Waals surface area (Å²) < 4.78 is 44.7. The monoisotopic (exact) mass is 296 g/mol. The van der Waals surface area contributed by atoms with Crippen LogP contribution in [0.5, 0.6) is 0 Å². The van der Waals surface area contributed by atoms with E-state index in [9.17, 15) is 27.9 Å². The lowest BCUT2D eigenvalue weighted by Gasteiger charge is -2.35. The lowest BCUT2D eigenvalue weighted by atomic mass is 10.0. The molecule has 0 amide bonds. The quantitative estimate of drug-likeness (QED) is 0.642. The Labute approximate surface area is 109 Å². The topological polar surface area (TPSA) is 105 Å². The number of rotatable bonds is 2. The molecule has 0 bridgehead atoms. The van der Waals surface area contributed by atoms with Gasteiger partial charge in [0.1, 0.15) is 6.10 Å². The Bertz CT molecular complexity index is 610. The van der Waals surface area contributed by atoms with Gasteiger partial charge >= 0.3 is 11.9 Å². The number of aliphatic hydroxyl groups excluding tert-OH is 2. The molecule has 0 unspecified atom stereocenters. The highest BCUT2D eigenvalue weighted by atomic mass is 19.4. The van der Waals surface area contributed by atoms with Crippen LogP contribution in [0, 0.1) is 0 Å². The van der Waals surface area contributed by atoms with Gasteiger partial charge in [-0.2, -0.15) is 13.2 Å². The van der Waals surface area contributed by atoms with E-state index in [1.54, 1.807) is 4.98 Å². The molecule has 1 aromatic heterocycles. The van der Waals surface area contributed by atoms with Crippen molar-refractivity contribution in [1.82, 2.24) is 9.55 Å². The molecule has 10 heteroatoms. The number of ether oxygens (including phenoxy) is 1. The minimum absolute atomic E-state index is 0.0781. The van der Waals surface area contributed by atoms with E-state index in [0.29, 0.717) is 12.3 Å². The van der Waals surface area contributed by atoms with E-state index in [2.05, 4.69) is 0 Å². The molecule has 3 N–H and O–H groups in total. The number of aliphatic hydroxyl groups is 2. The third-order valence-corrected chi connectivity index (χ3v) is 3.08. The van der Waals surface area contributed by atoms with Crippen molar-refractivity contribution >= 4 is 0 Å². The summed E-state index contributed by atoms with van der Waals surface area (Å²) in [6.45, 7) is -0.743. The van der Waals surface area contributed by atoms with E-state index in [1.807, 2.05) is 0 Å². The summed E-state index contributed by atoms with van der Waals surface area (Å²) in [5, 5.41) is 18.6. The molecule has 0 saturated carbocycles. The predicted octanol–water partition coefficient (Wildman–Crippen LogP) is -1.11. The summed E-state index contributed by atoms with van der Waals surface area (Å²) in [5.74, 6) is 0. The summed E-state index contributed by atoms with van der Waals surface area (Å²) in [7, 11) is 0. The smallest absolute Gasteiger partial charge is 0.394 e. The zero-order chi connectivity index (χ0) is 15.1. The van der Waals surface area contributed by atoms with Gasteiger partial charge in [-0.05, 0) is 0 Å². The molecule has 2 rings (SSSR count). The molecule has 2 heterocycles. The van der Waals surface area contributed by atoms with Crippen LogP contribution in [0.25, 0.3) is 0 Å². The average Bonchev–Trinajstić information content (AvgIpc) is 2.67. The Morgan fingerprint density at radius 1 is 1.50 bits per heavy atom. The van der Waals surface area contributed by atoms with Crippen LogP contribution >= 0.6 is 0 Å². The predicted molar refractivity (Wildman–Crippen MR) is 57.9 cm³/mol. The standard InChI is InChI=1S/C10H11F3N2O5/c11-10(12,13)9(6(17)3-5(4-16)20-9)15-2-1-7(18)14-8(15)19/h1-2,5-6,16-17H,3-4H2,(H,14,18,19)/t5-,6+,9-/m0/s1. The van der Waals surface area contributed by atoms with Crippen molar-refractivity contribution in [1.29, 1.82) is 0 Å². The molecule has 0 aliphatic carbocycles. The number of halogens is 3. The van der Waals surface area contributed by atoms with Gasteiger partial charge in [0.25, 0.3) is 11.3 Å². The number of hydrogen-bond donors (Lipinski definition) is 3. The van der Waals surface area contributed by atoms with Crippen LogP contribution in [-0.4, -0.2) is 44.8 Å². The Morgan fingerprint density at radius 2 is 2.15 bits per heavy atom. The van der Waals surface area contributed by atoms with Crippen molar-refractivity contribution in [3.05, 3.63) is 33.1 Å². The van der Waals surface area contributed by atoms with E-state index < -0.39 is 48.4 Å². The molecule has 0 spiro atoms. The van der Waals surface area contributed by atoms with E-state index >= 15 is 0 Å². The van der Waals surface area contributed by atoms with Gasteiger partial charge in [-0.3, -0.25) is 14.3 Å². The molecular formula is C10H11F3N2O5. The maximum Gasteiger partial charge on any atom is 0.440 e. The fraction of sp³-hybridized carbons (Fsp3) is 0.600. The largest absolute Gasteiger partial charge is 0.440 e. The molecule has 1 aliphatic heterocycles. The lowest BCUT2D eigenvalue weighted by molar-refractivity contribution is -0.332. The van der Waals surface area contributed by atoms with Crippen molar-refractivity contribution in [2.24, 2.45) is 0 Å². The number of alkyl halides is 3. The highest BCUT2D eigenvalue weighted by molar-refractivity contribution is 5.01. The van der Waals surface area contributed by atoms with Crippen LogP contribution in [0.15, 0.2) is 21.9 Å². The van der Waals surface area contributed by atoms with Crippen LogP contribution in [0.1, 0.15) is 6.42 Å². The molecule has 112 valence electrons. The van der Waals surface area contributed by atoms with Gasteiger partial charge in [-0.1, -0.05) is 0 Å². The summed E-state index contributed by atoms with van der Waals surface area (Å²) in [6.07, 6.45) is -8.40. The Morgan fingerprint density at radius 3 is 2.60 bits per heavy atom. The van der Waals surface area contributed by atoms with Crippen LogP contribution in [0.3, 0.4) is 0 Å². The van der Waals surface area contributed by atoms with Crippen molar-refractivity contribution in [2.75, 3.05) is 6.61 Å². The van der Waals surface area contributed by atoms with Gasteiger partial charge in [-0.15, -0.1) is 0 Å². The average molecular weight is 296 g/mol. The fourth-order valence-electron chi connectivity index (χ4n) is 2.19. The molecule has 1 aromatic rings. The fourth-order valence-corrected chi connectivity index (χ4v) is 2.19. The third kappa shape index (κ3) is 2.05. The number of aromatic nitrogens is 2. The second kappa shape index (κ2) is 4.72. The highest BCUT2D eigenvalue weighted by Crippen LogP contribution is 2.46. The molecule has 1 saturated heterocycles. The van der Waals surface area contributed by atoms with E-state index in [-0.39, 0.29) is 4.57 Å². The number of aromatic amines is 1. The second-order valence-electron chi connectivity index (χ2n) is 4.35. The van der Waals surface area contributed by atoms with Crippen LogP contribution in [0.2, 0.25) is 0 Å². The normalized spacial score (nSPS) is 30.6. The molecular weight excluding hydrogens is 285 g/mol. The molecule has 1 fully saturated rings. The summed E-state index contributed by atoms with van der Waals surface area (Å²) >= 11 is 0. The van der Waals surface area contributed by atoms with Gasteiger partial charge in [0, 0.05) is 18.7 Å². The maximum atomic E-state index is 13.3. The summed E-state index contributed by atoms with van der Waals surface area (Å²) in [6, 6.07) is 0.706. The van der Waals surface area contributed by atoms with Crippen molar-refractivity contribution in [2.45, 2.75) is 30.5 Å². The van der Waals surface area contributed by atoms with E-state index in [0.717, 1.165) is 0 Å². The van der Waals surface area contributed by atoms with E-state index in [1.165, 1.54) is 0 Å². The summed E-state index contributed by atoms with van der Waals surface area (Å²) in [5.41, 5.74) is -5.58. The van der Waals surface area contributed by atoms with Gasteiger partial charge < -0.3 is 14.9 Å². The lowest BCUT2D eigenvalue weighted by Crippen LogP contribution is -2.59. The Balaban J connectivity index is 2.66. The van der Waals surface area contributed by atoms with Gasteiger partial charge in [0.15, 0.2) is 0 Å². The van der Waals surface area contributed by atoms with Crippen LogP contribution < -0.4 is 11.2 Å². The van der Waals surface area contributed by atoms with Crippen molar-refractivity contribution in [3.63, 3.8) is 0 Å². The number of hydrogen-bond acceptors (Lipinski definition) is 5. The summed E-state index contributed by atoms with van der Waals surface area (Å²) in [4.78, 5) is 24.2. The molecule has 3 atom stereocenters. The van der Waals surface area contributed by atoms with Gasteiger partial charge in [0.05, 0.1) is 12.7 Å². The second-order valence-corrected chi connectivity index (χ2v) is 4.35. The number of H-pyrrole nitrogens is 1. The van der Waals surface area contributed by atoms with E-state index in [4.69, 9.17) is 9.84 Å². The zero-order valence-corrected chi connectivity index (χ0v) is 9.92. The number of nitrogens with one attached hydrogen (secondary N) is 1. The van der Waals surface area contributed by atoms with Gasteiger partial charge in [0.2, 0.25) is 0 Å². The molecule has 1 aliphatic rings. The minimum atomic E-state index is -5.13. The Hall–Kier alpha value is -1.65. The first-order valence-corrected chi connectivity index (χ1v) is 5.58. The Kier molecular flexibility index (Phi) is 3.48.